The Bertz CT molecular complexity index is 770. The number of nitrogens with one attached hydrogen (secondary N) is 2. The first-order valence-electron chi connectivity index (χ1n) is 6.58. The van der Waals surface area contributed by atoms with E-state index in [1.54, 1.807) is 5.32 Å². The van der Waals surface area contributed by atoms with Crippen molar-refractivity contribution in [2.75, 3.05) is 5.32 Å². The van der Waals surface area contributed by atoms with Gasteiger partial charge in [-0.3, -0.25) is 10.1 Å². The molecule has 0 spiro atoms. The van der Waals surface area contributed by atoms with Crippen LogP contribution < -0.4 is 15.4 Å². The first-order chi connectivity index (χ1) is 11.7. The molecule has 0 atom stereocenters. The van der Waals surface area contributed by atoms with Crippen LogP contribution in [0.1, 0.15) is 10.4 Å². The molecule has 10 heteroatoms. The molecule has 132 valence electrons. The third kappa shape index (κ3) is 5.16. The van der Waals surface area contributed by atoms with Crippen molar-refractivity contribution in [3.05, 3.63) is 59.7 Å². The maximum absolute atomic E-state index is 13.4. The Balaban J connectivity index is 1.99. The Morgan fingerprint density at radius 2 is 1.48 bits per heavy atom. The van der Waals surface area contributed by atoms with Gasteiger partial charge in [0.1, 0.15) is 22.9 Å². The highest BCUT2D eigenvalue weighted by molar-refractivity contribution is 6.08. The van der Waals surface area contributed by atoms with Crippen molar-refractivity contribution in [1.29, 1.82) is 0 Å². The van der Waals surface area contributed by atoms with Gasteiger partial charge in [0.05, 0.1) is 0 Å². The summed E-state index contributed by atoms with van der Waals surface area (Å²) in [7, 11) is 0. The molecule has 0 fully saturated rings. The molecule has 25 heavy (non-hydrogen) atoms. The highest BCUT2D eigenvalue weighted by atomic mass is 19.4. The van der Waals surface area contributed by atoms with E-state index >= 15 is 0 Å². The fourth-order valence-electron chi connectivity index (χ4n) is 1.78. The van der Waals surface area contributed by atoms with Crippen molar-refractivity contribution in [3.8, 4) is 5.75 Å². The molecular weight excluding hydrogens is 351 g/mol. The number of anilines is 1. The van der Waals surface area contributed by atoms with Crippen LogP contribution in [-0.2, 0) is 0 Å². The van der Waals surface area contributed by atoms with Crippen molar-refractivity contribution >= 4 is 17.6 Å². The van der Waals surface area contributed by atoms with Crippen LogP contribution in [0.4, 0.5) is 32.4 Å². The number of amides is 3. The minimum absolute atomic E-state index is 0.0221. The molecule has 0 radical (unpaired) electrons. The van der Waals surface area contributed by atoms with Gasteiger partial charge >= 0.3 is 12.4 Å². The first kappa shape index (κ1) is 18.2. The van der Waals surface area contributed by atoms with Gasteiger partial charge in [0.15, 0.2) is 0 Å². The Hall–Kier alpha value is -3.17. The number of urea groups is 1. The topological polar surface area (TPSA) is 67.4 Å². The summed E-state index contributed by atoms with van der Waals surface area (Å²) in [4.78, 5) is 23.3. The fourth-order valence-corrected chi connectivity index (χ4v) is 1.78. The van der Waals surface area contributed by atoms with E-state index < -0.39 is 41.2 Å². The second-order valence-electron chi connectivity index (χ2n) is 4.58. The van der Waals surface area contributed by atoms with E-state index in [1.807, 2.05) is 0 Å². The number of alkyl halides is 3. The van der Waals surface area contributed by atoms with Crippen molar-refractivity contribution in [2.45, 2.75) is 6.36 Å². The smallest absolute Gasteiger partial charge is 0.406 e. The quantitative estimate of drug-likeness (QED) is 0.818. The van der Waals surface area contributed by atoms with Crippen LogP contribution in [-0.4, -0.2) is 18.3 Å². The molecule has 0 bridgehead atoms. The maximum atomic E-state index is 13.4. The third-order valence-electron chi connectivity index (χ3n) is 2.76. The van der Waals surface area contributed by atoms with Gasteiger partial charge in [-0.2, -0.15) is 0 Å². The van der Waals surface area contributed by atoms with Gasteiger partial charge < -0.3 is 10.1 Å². The zero-order valence-corrected chi connectivity index (χ0v) is 12.2. The second kappa shape index (κ2) is 7.16. The summed E-state index contributed by atoms with van der Waals surface area (Å²) in [5, 5.41) is 3.82. The Morgan fingerprint density at radius 1 is 0.920 bits per heavy atom. The predicted molar refractivity (Wildman–Crippen MR) is 76.0 cm³/mol. The van der Waals surface area contributed by atoms with Crippen LogP contribution in [0.2, 0.25) is 0 Å². The number of hydrogen-bond donors (Lipinski definition) is 2. The number of halogens is 5. The summed E-state index contributed by atoms with van der Waals surface area (Å²) >= 11 is 0. The molecule has 0 aliphatic carbocycles. The summed E-state index contributed by atoms with van der Waals surface area (Å²) in [5.41, 5.74) is -0.916. The van der Waals surface area contributed by atoms with Gasteiger partial charge in [-0.1, -0.05) is 6.07 Å². The van der Waals surface area contributed by atoms with Gasteiger partial charge in [-0.25, -0.2) is 13.6 Å². The molecule has 2 N–H and O–H groups in total. The van der Waals surface area contributed by atoms with E-state index in [4.69, 9.17) is 0 Å². The summed E-state index contributed by atoms with van der Waals surface area (Å²) in [6.45, 7) is 0. The van der Waals surface area contributed by atoms with Crippen LogP contribution in [0.15, 0.2) is 42.5 Å². The van der Waals surface area contributed by atoms with E-state index in [1.165, 1.54) is 0 Å². The average molecular weight is 360 g/mol. The number of carbonyl (C=O) groups excluding carboxylic acids is 2. The van der Waals surface area contributed by atoms with Crippen LogP contribution in [0, 0.1) is 11.6 Å². The molecule has 0 aliphatic heterocycles. The lowest BCUT2D eigenvalue weighted by atomic mass is 10.2. The number of rotatable bonds is 3. The molecule has 0 aliphatic rings. The minimum atomic E-state index is -4.86. The van der Waals surface area contributed by atoms with E-state index in [-0.39, 0.29) is 5.69 Å². The van der Waals surface area contributed by atoms with Gasteiger partial charge in [-0.15, -0.1) is 13.2 Å². The lowest BCUT2D eigenvalue weighted by Crippen LogP contribution is -2.35. The highest BCUT2D eigenvalue weighted by Crippen LogP contribution is 2.23. The molecule has 2 aromatic rings. The zero-order chi connectivity index (χ0) is 18.6. The Morgan fingerprint density at radius 3 is 2.00 bits per heavy atom. The van der Waals surface area contributed by atoms with E-state index in [2.05, 4.69) is 10.1 Å². The first-order valence-corrected chi connectivity index (χ1v) is 6.58. The largest absolute Gasteiger partial charge is 0.573 e. The van der Waals surface area contributed by atoms with E-state index in [9.17, 15) is 31.5 Å². The van der Waals surface area contributed by atoms with E-state index in [0.29, 0.717) is 0 Å². The molecule has 0 heterocycles. The van der Waals surface area contributed by atoms with Crippen LogP contribution in [0.3, 0.4) is 0 Å². The molecule has 3 amide bonds. The minimum Gasteiger partial charge on any atom is -0.406 e. The molecule has 5 nitrogen and oxygen atoms in total. The third-order valence-corrected chi connectivity index (χ3v) is 2.76. The Labute approximate surface area is 137 Å². The molecule has 0 saturated carbocycles. The van der Waals surface area contributed by atoms with Crippen molar-refractivity contribution < 1.29 is 36.3 Å². The van der Waals surface area contributed by atoms with Gasteiger partial charge in [0.25, 0.3) is 5.91 Å². The predicted octanol–water partition coefficient (Wildman–Crippen LogP) is 3.83. The number of imide groups is 1. The lowest BCUT2D eigenvalue weighted by Gasteiger charge is -2.10. The monoisotopic (exact) mass is 360 g/mol. The number of ether oxygens (including phenoxy) is 1. The molecule has 0 unspecified atom stereocenters. The van der Waals surface area contributed by atoms with Crippen molar-refractivity contribution in [3.63, 3.8) is 0 Å². The number of hydrogen-bond acceptors (Lipinski definition) is 3. The second-order valence-corrected chi connectivity index (χ2v) is 4.58. The maximum Gasteiger partial charge on any atom is 0.573 e. The van der Waals surface area contributed by atoms with Crippen LogP contribution in [0.25, 0.3) is 0 Å². The van der Waals surface area contributed by atoms with Gasteiger partial charge in [0.2, 0.25) is 0 Å². The normalized spacial score (nSPS) is 10.9. The van der Waals surface area contributed by atoms with Gasteiger partial charge in [-0.05, 0) is 36.4 Å². The highest BCUT2D eigenvalue weighted by Gasteiger charge is 2.31. The number of benzene rings is 2. The van der Waals surface area contributed by atoms with Crippen LogP contribution >= 0.6 is 0 Å². The molecule has 0 aromatic heterocycles. The van der Waals surface area contributed by atoms with Gasteiger partial charge in [0, 0.05) is 5.69 Å². The summed E-state index contributed by atoms with van der Waals surface area (Å²) in [5.74, 6) is -4.13. The molecule has 2 rings (SSSR count). The molecular formula is C15H9F5N2O3. The summed E-state index contributed by atoms with van der Waals surface area (Å²) in [6, 6.07) is 5.63. The summed E-state index contributed by atoms with van der Waals surface area (Å²) < 4.78 is 66.5. The molecule has 2 aromatic carbocycles. The lowest BCUT2D eigenvalue weighted by molar-refractivity contribution is -0.274. The SMILES string of the molecule is O=C(NC(=O)c1c(F)cccc1F)Nc1ccc(OC(F)(F)F)cc1. The van der Waals surface area contributed by atoms with E-state index in [0.717, 1.165) is 42.5 Å². The van der Waals surface area contributed by atoms with Crippen molar-refractivity contribution in [2.24, 2.45) is 0 Å². The molecule has 0 saturated heterocycles. The standard InChI is InChI=1S/C15H9F5N2O3/c16-10-2-1-3-11(17)12(10)13(23)22-14(24)21-8-4-6-9(7-5-8)25-15(18,19)20/h1-7H,(H2,21,22,23,24). The van der Waals surface area contributed by atoms with Crippen molar-refractivity contribution in [1.82, 2.24) is 5.32 Å². The number of carbonyl (C=O) groups is 2. The summed E-state index contributed by atoms with van der Waals surface area (Å²) in [6.07, 6.45) is -4.86. The average Bonchev–Trinajstić information content (AvgIpc) is 2.47. The Kier molecular flexibility index (Phi) is 5.20. The van der Waals surface area contributed by atoms with Crippen LogP contribution in [0.5, 0.6) is 5.75 Å². The fraction of sp³-hybridized carbons (Fsp3) is 0.0667. The zero-order valence-electron chi connectivity index (χ0n) is 12.2.